The molecule has 0 fully saturated rings. The Balaban J connectivity index is 4.43. The summed E-state index contributed by atoms with van der Waals surface area (Å²) in [6, 6.07) is 0. The van der Waals surface area contributed by atoms with Crippen molar-refractivity contribution in [2.24, 2.45) is 0 Å². The van der Waals surface area contributed by atoms with E-state index in [9.17, 15) is 4.79 Å². The molecule has 0 saturated heterocycles. The van der Waals surface area contributed by atoms with E-state index in [1.54, 1.807) is 0 Å². The summed E-state index contributed by atoms with van der Waals surface area (Å²) < 4.78 is 4.57. The Morgan fingerprint density at radius 1 is 1.07 bits per heavy atom. The molecule has 0 atom stereocenters. The lowest BCUT2D eigenvalue weighted by Gasteiger charge is -2.31. The molecule has 8 heteroatoms. The Morgan fingerprint density at radius 2 is 1.47 bits per heavy atom. The largest absolute Gasteiger partial charge is 0.444 e. The smallest absolute Gasteiger partial charge is 0.412 e. The van der Waals surface area contributed by atoms with Crippen LogP contribution in [-0.4, -0.2) is 49.1 Å². The van der Waals surface area contributed by atoms with E-state index in [-0.39, 0.29) is 0 Å². The molecule has 90 valence electrons. The predicted molar refractivity (Wildman–Crippen MR) is 45.9 cm³/mol. The molecule has 0 aliphatic rings. The van der Waals surface area contributed by atoms with Crippen molar-refractivity contribution in [1.29, 1.82) is 0 Å². The summed E-state index contributed by atoms with van der Waals surface area (Å²) in [6.45, 7) is 4.52. The monoisotopic (exact) mass is 225 g/mol. The molecule has 6 N–H and O–H groups in total. The van der Waals surface area contributed by atoms with Crippen LogP contribution in [0.3, 0.4) is 0 Å². The van der Waals surface area contributed by atoms with Gasteiger partial charge in [-0.25, -0.2) is 4.79 Å². The van der Waals surface area contributed by atoms with Crippen molar-refractivity contribution in [1.82, 2.24) is 5.32 Å². The van der Waals surface area contributed by atoms with Gasteiger partial charge in [0, 0.05) is 0 Å². The van der Waals surface area contributed by atoms with Crippen LogP contribution in [0.5, 0.6) is 0 Å². The van der Waals surface area contributed by atoms with Crippen LogP contribution in [0.25, 0.3) is 0 Å². The highest BCUT2D eigenvalue weighted by molar-refractivity contribution is 5.68. The molecule has 0 unspecified atom stereocenters. The fraction of sp³-hybridized carbons (Fsp3) is 0.857. The number of hydrogen-bond donors (Lipinski definition) is 6. The van der Waals surface area contributed by atoms with Crippen molar-refractivity contribution in [3.63, 3.8) is 0 Å². The van der Waals surface area contributed by atoms with Gasteiger partial charge in [0.2, 0.25) is 0 Å². The van der Waals surface area contributed by atoms with Gasteiger partial charge in [-0.05, 0) is 20.8 Å². The molecule has 0 aromatic carbocycles. The Kier molecular flexibility index (Phi) is 3.67. The van der Waals surface area contributed by atoms with E-state index in [0.29, 0.717) is 0 Å². The van der Waals surface area contributed by atoms with Gasteiger partial charge in [-0.2, -0.15) is 0 Å². The number of carbonyl (C=O) groups is 1. The predicted octanol–water partition coefficient (Wildman–Crippen LogP) is -2.22. The van der Waals surface area contributed by atoms with Gasteiger partial charge >= 0.3 is 18.0 Å². The molecule has 15 heavy (non-hydrogen) atoms. The van der Waals surface area contributed by atoms with Crippen molar-refractivity contribution in [2.75, 3.05) is 0 Å². The Hall–Kier alpha value is -0.930. The zero-order valence-corrected chi connectivity index (χ0v) is 8.55. The number of nitrogens with one attached hydrogen (secondary N) is 1. The van der Waals surface area contributed by atoms with E-state index in [1.165, 1.54) is 26.1 Å². The van der Waals surface area contributed by atoms with Gasteiger partial charge in [-0.3, -0.25) is 5.32 Å². The molecule has 0 spiro atoms. The molecular weight excluding hydrogens is 210 g/mol. The van der Waals surface area contributed by atoms with E-state index in [1.807, 2.05) is 0 Å². The van der Waals surface area contributed by atoms with Gasteiger partial charge in [0.1, 0.15) is 5.60 Å². The molecule has 0 aromatic heterocycles. The molecule has 0 aliphatic heterocycles. The van der Waals surface area contributed by atoms with Crippen LogP contribution >= 0.6 is 0 Å². The zero-order chi connectivity index (χ0) is 12.5. The average molecular weight is 225 g/mol. The van der Waals surface area contributed by atoms with Crippen molar-refractivity contribution in [3.8, 4) is 0 Å². The molecule has 1 amide bonds. The fourth-order valence-electron chi connectivity index (χ4n) is 0.530. The second-order valence-electron chi connectivity index (χ2n) is 3.93. The highest BCUT2D eigenvalue weighted by Crippen LogP contribution is 2.12. The molecule has 0 aliphatic carbocycles. The summed E-state index contributed by atoms with van der Waals surface area (Å²) in [6.07, 6.45) is -1.34. The average Bonchev–Trinajstić information content (AvgIpc) is 1.75. The van der Waals surface area contributed by atoms with Gasteiger partial charge < -0.3 is 30.3 Å². The fourth-order valence-corrected chi connectivity index (χ4v) is 0.530. The van der Waals surface area contributed by atoms with E-state index in [4.69, 9.17) is 25.5 Å². The van der Waals surface area contributed by atoms with E-state index in [0.717, 1.165) is 0 Å². The minimum atomic E-state index is -3.90. The lowest BCUT2D eigenvalue weighted by molar-refractivity contribution is -0.452. The SMILES string of the molecule is CC(C)(C)OC(=O)NC(O)(O)C(O)(O)O. The van der Waals surface area contributed by atoms with Crippen molar-refractivity contribution >= 4 is 6.09 Å². The summed E-state index contributed by atoms with van der Waals surface area (Å²) in [5.41, 5.74) is -0.914. The number of carbonyl (C=O) groups excluding carboxylic acids is 1. The number of rotatable bonds is 2. The molecule has 8 nitrogen and oxygen atoms in total. The van der Waals surface area contributed by atoms with E-state index >= 15 is 0 Å². The van der Waals surface area contributed by atoms with E-state index in [2.05, 4.69) is 4.74 Å². The molecule has 0 saturated carbocycles. The lowest BCUT2D eigenvalue weighted by Crippen LogP contribution is -2.65. The molecule has 0 heterocycles. The number of ether oxygens (including phenoxy) is 1. The van der Waals surface area contributed by atoms with Crippen LogP contribution in [0.1, 0.15) is 20.8 Å². The maximum atomic E-state index is 10.9. The first-order valence-electron chi connectivity index (χ1n) is 3.98. The Morgan fingerprint density at radius 3 is 1.73 bits per heavy atom. The van der Waals surface area contributed by atoms with Crippen molar-refractivity contribution < 1.29 is 35.1 Å². The summed E-state index contributed by atoms with van der Waals surface area (Å²) in [5.74, 6) is -7.53. The minimum absolute atomic E-state index is 0.914. The third kappa shape index (κ3) is 4.91. The highest BCUT2D eigenvalue weighted by Gasteiger charge is 2.49. The van der Waals surface area contributed by atoms with Gasteiger partial charge in [0.15, 0.2) is 0 Å². The summed E-state index contributed by atoms with van der Waals surface area (Å²) in [5, 5.41) is 44.2. The third-order valence-electron chi connectivity index (χ3n) is 1.14. The van der Waals surface area contributed by atoms with Crippen LogP contribution < -0.4 is 5.32 Å². The van der Waals surface area contributed by atoms with Crippen molar-refractivity contribution in [3.05, 3.63) is 0 Å². The first-order chi connectivity index (χ1) is 6.35. The van der Waals surface area contributed by atoms with Gasteiger partial charge in [-0.15, -0.1) is 0 Å². The quantitative estimate of drug-likeness (QED) is 0.292. The molecule has 0 radical (unpaired) electrons. The van der Waals surface area contributed by atoms with Crippen LogP contribution in [0.2, 0.25) is 0 Å². The number of hydrogen-bond acceptors (Lipinski definition) is 7. The Labute approximate surface area is 85.7 Å². The number of aliphatic hydroxyl groups is 5. The maximum absolute atomic E-state index is 10.9. The van der Waals surface area contributed by atoms with Gasteiger partial charge in [-0.1, -0.05) is 0 Å². The number of amides is 1. The van der Waals surface area contributed by atoms with Crippen LogP contribution in [0, 0.1) is 0 Å². The highest BCUT2D eigenvalue weighted by atomic mass is 16.7. The third-order valence-corrected chi connectivity index (χ3v) is 1.14. The van der Waals surface area contributed by atoms with Crippen molar-refractivity contribution in [2.45, 2.75) is 38.3 Å². The Bertz CT molecular complexity index is 237. The normalized spacial score (nSPS) is 13.6. The maximum Gasteiger partial charge on any atom is 0.412 e. The minimum Gasteiger partial charge on any atom is -0.444 e. The molecule has 0 bridgehead atoms. The second-order valence-corrected chi connectivity index (χ2v) is 3.93. The standard InChI is InChI=1S/C7H15NO7/c1-5(2,3)15-4(9)8-6(10,11)7(12,13)14/h10-14H,1-3H3,(H,8,9). The summed E-state index contributed by atoms with van der Waals surface area (Å²) in [4.78, 5) is 10.9. The summed E-state index contributed by atoms with van der Waals surface area (Å²) in [7, 11) is 0. The van der Waals surface area contributed by atoms with Crippen LogP contribution in [-0.2, 0) is 4.74 Å². The first-order valence-corrected chi connectivity index (χ1v) is 3.98. The van der Waals surface area contributed by atoms with E-state index < -0.39 is 23.6 Å². The second kappa shape index (κ2) is 3.91. The molecular formula is C7H15NO7. The van der Waals surface area contributed by atoms with Crippen LogP contribution in [0.4, 0.5) is 4.79 Å². The van der Waals surface area contributed by atoms with Gasteiger partial charge in [0.25, 0.3) is 0 Å². The van der Waals surface area contributed by atoms with Gasteiger partial charge in [0.05, 0.1) is 0 Å². The lowest BCUT2D eigenvalue weighted by atomic mass is 10.2. The first kappa shape index (κ1) is 14.1. The topological polar surface area (TPSA) is 139 Å². The van der Waals surface area contributed by atoms with Crippen LogP contribution in [0.15, 0.2) is 0 Å². The summed E-state index contributed by atoms with van der Waals surface area (Å²) >= 11 is 0. The molecule has 0 rings (SSSR count). The molecule has 0 aromatic rings. The number of alkyl carbamates (subject to hydrolysis) is 1. The zero-order valence-electron chi connectivity index (χ0n) is 8.55.